The Kier molecular flexibility index (Phi) is 1.97. The summed E-state index contributed by atoms with van der Waals surface area (Å²) in [5, 5.41) is 0. The van der Waals surface area contributed by atoms with E-state index in [0.29, 0.717) is 0 Å². The topological polar surface area (TPSA) is 9.23 Å². The molecule has 0 aromatic rings. The van der Waals surface area contributed by atoms with Crippen molar-refractivity contribution >= 4 is 0 Å². The molecule has 1 nitrogen and oxygen atoms in total. The molecule has 0 atom stereocenters. The first-order valence-electron chi connectivity index (χ1n) is 5.71. The van der Waals surface area contributed by atoms with Gasteiger partial charge >= 0.3 is 0 Å². The van der Waals surface area contributed by atoms with Gasteiger partial charge in [-0.25, -0.2) is 0 Å². The van der Waals surface area contributed by atoms with Gasteiger partial charge in [0.2, 0.25) is 0 Å². The Labute approximate surface area is 85.1 Å². The average Bonchev–Trinajstić information content (AvgIpc) is 2.26. The van der Waals surface area contributed by atoms with Crippen LogP contribution in [-0.2, 0) is 4.74 Å². The fourth-order valence-electron chi connectivity index (χ4n) is 2.60. The lowest BCUT2D eigenvalue weighted by atomic mass is 9.88. The van der Waals surface area contributed by atoms with Crippen LogP contribution in [0, 0.1) is 0 Å². The summed E-state index contributed by atoms with van der Waals surface area (Å²) >= 11 is 0. The summed E-state index contributed by atoms with van der Waals surface area (Å²) in [6.45, 7) is 0. The van der Waals surface area contributed by atoms with Crippen molar-refractivity contribution in [3.05, 3.63) is 34.8 Å². The van der Waals surface area contributed by atoms with E-state index in [1.165, 1.54) is 49.2 Å². The zero-order chi connectivity index (χ0) is 9.38. The van der Waals surface area contributed by atoms with Crippen LogP contribution in [0.25, 0.3) is 0 Å². The summed E-state index contributed by atoms with van der Waals surface area (Å²) in [6.07, 6.45) is 13.1. The van der Waals surface area contributed by atoms with Gasteiger partial charge in [0.15, 0.2) is 0 Å². The lowest BCUT2D eigenvalue weighted by Crippen LogP contribution is -2.12. The highest BCUT2D eigenvalue weighted by Crippen LogP contribution is 2.39. The highest BCUT2D eigenvalue weighted by Gasteiger charge is 2.23. The van der Waals surface area contributed by atoms with Gasteiger partial charge in [-0.3, -0.25) is 0 Å². The van der Waals surface area contributed by atoms with Crippen molar-refractivity contribution in [1.82, 2.24) is 0 Å². The van der Waals surface area contributed by atoms with Gasteiger partial charge in [-0.15, -0.1) is 0 Å². The maximum absolute atomic E-state index is 6.00. The quantitative estimate of drug-likeness (QED) is 0.561. The third-order valence-electron chi connectivity index (χ3n) is 3.39. The average molecular weight is 188 g/mol. The van der Waals surface area contributed by atoms with Crippen LogP contribution in [0.2, 0.25) is 0 Å². The van der Waals surface area contributed by atoms with Crippen molar-refractivity contribution in [2.75, 3.05) is 0 Å². The summed E-state index contributed by atoms with van der Waals surface area (Å²) < 4.78 is 6.00. The highest BCUT2D eigenvalue weighted by atomic mass is 16.5. The number of hydrogen-bond donors (Lipinski definition) is 0. The first kappa shape index (κ1) is 8.34. The second kappa shape index (κ2) is 3.30. The van der Waals surface area contributed by atoms with Crippen molar-refractivity contribution in [1.29, 1.82) is 0 Å². The minimum absolute atomic E-state index is 1.11. The van der Waals surface area contributed by atoms with Crippen molar-refractivity contribution in [2.24, 2.45) is 0 Å². The molecule has 1 heterocycles. The minimum atomic E-state index is 1.11. The molecule has 0 saturated heterocycles. The van der Waals surface area contributed by atoms with Crippen LogP contribution in [-0.4, -0.2) is 0 Å². The number of hydrogen-bond acceptors (Lipinski definition) is 1. The predicted octanol–water partition coefficient (Wildman–Crippen LogP) is 3.84. The molecule has 2 aliphatic carbocycles. The van der Waals surface area contributed by atoms with Crippen LogP contribution in [0.4, 0.5) is 0 Å². The lowest BCUT2D eigenvalue weighted by molar-refractivity contribution is 0.245. The lowest BCUT2D eigenvalue weighted by Gasteiger charge is -2.29. The Balaban J connectivity index is 1.88. The second-order valence-electron chi connectivity index (χ2n) is 4.40. The molecule has 0 amide bonds. The van der Waals surface area contributed by atoms with E-state index in [2.05, 4.69) is 12.2 Å². The van der Waals surface area contributed by atoms with Gasteiger partial charge < -0.3 is 4.74 Å². The van der Waals surface area contributed by atoms with E-state index in [1.54, 1.807) is 5.57 Å². The van der Waals surface area contributed by atoms with E-state index in [0.717, 1.165) is 12.8 Å². The molecule has 1 aliphatic heterocycles. The maximum atomic E-state index is 6.00. The Morgan fingerprint density at radius 2 is 1.93 bits per heavy atom. The Morgan fingerprint density at radius 1 is 1.00 bits per heavy atom. The van der Waals surface area contributed by atoms with Crippen LogP contribution >= 0.6 is 0 Å². The molecular weight excluding hydrogens is 172 g/mol. The van der Waals surface area contributed by atoms with Gasteiger partial charge in [0.1, 0.15) is 11.5 Å². The van der Waals surface area contributed by atoms with Crippen molar-refractivity contribution < 1.29 is 4.74 Å². The zero-order valence-corrected chi connectivity index (χ0v) is 8.51. The molecule has 1 heteroatoms. The molecule has 0 spiro atoms. The van der Waals surface area contributed by atoms with Crippen LogP contribution in [0.1, 0.15) is 44.9 Å². The predicted molar refractivity (Wildman–Crippen MR) is 56.6 cm³/mol. The summed E-state index contributed by atoms with van der Waals surface area (Å²) in [4.78, 5) is 0. The monoisotopic (exact) mass is 188 g/mol. The molecule has 0 unspecified atom stereocenters. The van der Waals surface area contributed by atoms with E-state index >= 15 is 0 Å². The van der Waals surface area contributed by atoms with Crippen molar-refractivity contribution in [3.63, 3.8) is 0 Å². The Hall–Kier alpha value is -0.980. The summed E-state index contributed by atoms with van der Waals surface area (Å²) in [5.41, 5.74) is 3.01. The summed E-state index contributed by atoms with van der Waals surface area (Å²) in [7, 11) is 0. The number of ether oxygens (including phenoxy) is 1. The van der Waals surface area contributed by atoms with Crippen LogP contribution in [0.15, 0.2) is 34.8 Å². The molecule has 0 fully saturated rings. The molecule has 0 aromatic heterocycles. The minimum Gasteiger partial charge on any atom is -0.466 e. The maximum Gasteiger partial charge on any atom is 0.107 e. The zero-order valence-electron chi connectivity index (χ0n) is 8.51. The summed E-state index contributed by atoms with van der Waals surface area (Å²) in [6, 6.07) is 0. The number of rotatable bonds is 0. The second-order valence-corrected chi connectivity index (χ2v) is 4.40. The van der Waals surface area contributed by atoms with Gasteiger partial charge in [-0.05, 0) is 36.8 Å². The molecule has 3 rings (SSSR count). The third kappa shape index (κ3) is 1.31. The first-order chi connectivity index (χ1) is 6.93. The smallest absolute Gasteiger partial charge is 0.107 e. The molecular formula is C13H16O. The SMILES string of the molecule is C1=CC2=C(CC1)OC1=C(CCCC1)C2. The third-order valence-corrected chi connectivity index (χ3v) is 3.39. The van der Waals surface area contributed by atoms with Gasteiger partial charge in [0.25, 0.3) is 0 Å². The number of allylic oxidation sites excluding steroid dienone is 6. The largest absolute Gasteiger partial charge is 0.466 e. The Bertz CT molecular complexity index is 344. The molecule has 0 N–H and O–H groups in total. The van der Waals surface area contributed by atoms with Gasteiger partial charge in [-0.1, -0.05) is 12.2 Å². The van der Waals surface area contributed by atoms with Gasteiger partial charge in [-0.2, -0.15) is 0 Å². The van der Waals surface area contributed by atoms with E-state index in [-0.39, 0.29) is 0 Å². The van der Waals surface area contributed by atoms with Crippen molar-refractivity contribution in [2.45, 2.75) is 44.9 Å². The highest BCUT2D eigenvalue weighted by molar-refractivity contribution is 5.36. The van der Waals surface area contributed by atoms with Crippen LogP contribution in [0.5, 0.6) is 0 Å². The fraction of sp³-hybridized carbons (Fsp3) is 0.538. The van der Waals surface area contributed by atoms with E-state index in [1.807, 2.05) is 0 Å². The molecule has 0 radical (unpaired) electrons. The molecule has 14 heavy (non-hydrogen) atoms. The van der Waals surface area contributed by atoms with Crippen LogP contribution < -0.4 is 0 Å². The summed E-state index contributed by atoms with van der Waals surface area (Å²) in [5.74, 6) is 2.57. The van der Waals surface area contributed by atoms with E-state index in [4.69, 9.17) is 4.74 Å². The molecule has 3 aliphatic rings. The molecule has 0 bridgehead atoms. The normalized spacial score (nSPS) is 25.7. The molecule has 74 valence electrons. The Morgan fingerprint density at radius 3 is 2.93 bits per heavy atom. The van der Waals surface area contributed by atoms with Gasteiger partial charge in [0, 0.05) is 19.3 Å². The standard InChI is InChI=1S/C13H16O/c1-3-7-12-10(5-1)9-11-6-2-4-8-13(11)14-12/h1,5H,2-4,6-9H2. The van der Waals surface area contributed by atoms with Crippen molar-refractivity contribution in [3.8, 4) is 0 Å². The fourth-order valence-corrected chi connectivity index (χ4v) is 2.60. The molecule has 0 saturated carbocycles. The van der Waals surface area contributed by atoms with E-state index in [9.17, 15) is 0 Å². The van der Waals surface area contributed by atoms with Crippen LogP contribution in [0.3, 0.4) is 0 Å². The molecule has 0 aromatic carbocycles. The van der Waals surface area contributed by atoms with Gasteiger partial charge in [0.05, 0.1) is 0 Å². The first-order valence-corrected chi connectivity index (χ1v) is 5.71. The van der Waals surface area contributed by atoms with E-state index < -0.39 is 0 Å².